The largest absolute Gasteiger partial charge is 0.434 e. The first-order valence-electron chi connectivity index (χ1n) is 2.73. The van der Waals surface area contributed by atoms with Gasteiger partial charge in [0.2, 0.25) is 0 Å². The number of rotatable bonds is 3. The summed E-state index contributed by atoms with van der Waals surface area (Å²) in [5.41, 5.74) is 0. The van der Waals surface area contributed by atoms with E-state index in [-0.39, 0.29) is 5.03 Å². The molecular weight excluding hydrogens is 184 g/mol. The van der Waals surface area contributed by atoms with Gasteiger partial charge in [-0.1, -0.05) is 0 Å². The zero-order valence-corrected chi connectivity index (χ0v) is 6.48. The Kier molecular flexibility index (Phi) is 2.34. The highest BCUT2D eigenvalue weighted by Gasteiger charge is 2.16. The van der Waals surface area contributed by atoms with Crippen LogP contribution in [0.3, 0.4) is 0 Å². The third kappa shape index (κ3) is 1.76. The minimum absolute atomic E-state index is 0.374. The lowest BCUT2D eigenvalue weighted by atomic mass is 10.7. The predicted molar refractivity (Wildman–Crippen MR) is 36.0 cm³/mol. The fourth-order valence-corrected chi connectivity index (χ4v) is 1.09. The van der Waals surface area contributed by atoms with Crippen LogP contribution in [0, 0.1) is 0 Å². The molecule has 1 heterocycles. The Bertz CT molecular complexity index is 360. The van der Waals surface area contributed by atoms with Gasteiger partial charge in [-0.05, 0) is 6.07 Å². The van der Waals surface area contributed by atoms with Crippen molar-refractivity contribution >= 4 is 16.6 Å². The number of aromatic nitrogens is 2. The van der Waals surface area contributed by atoms with E-state index >= 15 is 0 Å². The molecule has 0 aliphatic rings. The van der Waals surface area contributed by atoms with E-state index in [0.29, 0.717) is 0 Å². The van der Waals surface area contributed by atoms with Gasteiger partial charge >= 0.3 is 16.6 Å². The fraction of sp³-hybridized carbons (Fsp3) is 0. The van der Waals surface area contributed by atoms with Crippen LogP contribution < -0.4 is 0 Å². The smallest absolute Gasteiger partial charge is 0.331 e. The van der Waals surface area contributed by atoms with E-state index in [9.17, 15) is 13.2 Å². The SMILES string of the molecule is O=[C]OS(=O)(=O)c1ccncn1. The van der Waals surface area contributed by atoms with Crippen molar-refractivity contribution in [2.45, 2.75) is 5.03 Å². The summed E-state index contributed by atoms with van der Waals surface area (Å²) in [6.07, 6.45) is 2.25. The van der Waals surface area contributed by atoms with E-state index in [1.165, 1.54) is 6.20 Å². The zero-order chi connectivity index (χ0) is 9.03. The van der Waals surface area contributed by atoms with Gasteiger partial charge in [-0.15, -0.1) is 0 Å². The molecule has 0 fully saturated rings. The molecule has 7 heteroatoms. The Labute approximate surface area is 68.3 Å². The summed E-state index contributed by atoms with van der Waals surface area (Å²) in [6.45, 7) is 0.808. The second kappa shape index (κ2) is 3.26. The molecule has 0 aliphatic heterocycles. The van der Waals surface area contributed by atoms with Crippen molar-refractivity contribution in [2.75, 3.05) is 0 Å². The van der Waals surface area contributed by atoms with Crippen LogP contribution in [0.1, 0.15) is 0 Å². The van der Waals surface area contributed by atoms with E-state index in [4.69, 9.17) is 0 Å². The van der Waals surface area contributed by atoms with Crippen molar-refractivity contribution in [1.82, 2.24) is 9.97 Å². The van der Waals surface area contributed by atoms with Gasteiger partial charge in [-0.3, -0.25) is 0 Å². The highest BCUT2D eigenvalue weighted by atomic mass is 32.2. The lowest BCUT2D eigenvalue weighted by Gasteiger charge is -1.96. The first-order chi connectivity index (χ1) is 5.67. The van der Waals surface area contributed by atoms with Crippen LogP contribution in [0.25, 0.3) is 0 Å². The number of carbonyl (C=O) groups excluding carboxylic acids is 1. The first kappa shape index (κ1) is 8.60. The lowest BCUT2D eigenvalue weighted by Crippen LogP contribution is -2.06. The monoisotopic (exact) mass is 187 g/mol. The van der Waals surface area contributed by atoms with E-state index in [0.717, 1.165) is 18.9 Å². The second-order valence-electron chi connectivity index (χ2n) is 1.67. The fourth-order valence-electron chi connectivity index (χ4n) is 0.514. The predicted octanol–water partition coefficient (Wildman–Crippen LogP) is -0.751. The molecule has 0 bridgehead atoms. The van der Waals surface area contributed by atoms with Crippen molar-refractivity contribution < 1.29 is 17.4 Å². The molecule has 0 spiro atoms. The molecule has 0 atom stereocenters. The van der Waals surface area contributed by atoms with Gasteiger partial charge in [0.05, 0.1) is 0 Å². The number of hydrogen-bond acceptors (Lipinski definition) is 6. The molecule has 1 aromatic rings. The van der Waals surface area contributed by atoms with Gasteiger partial charge in [-0.25, -0.2) is 14.8 Å². The van der Waals surface area contributed by atoms with Gasteiger partial charge < -0.3 is 4.18 Å². The maximum Gasteiger partial charge on any atom is 0.434 e. The molecule has 0 unspecified atom stereocenters. The average molecular weight is 187 g/mol. The van der Waals surface area contributed by atoms with E-state index in [1.807, 2.05) is 0 Å². The van der Waals surface area contributed by atoms with E-state index in [2.05, 4.69) is 14.2 Å². The van der Waals surface area contributed by atoms with Crippen LogP contribution in [-0.4, -0.2) is 24.9 Å². The van der Waals surface area contributed by atoms with Crippen molar-refractivity contribution in [3.63, 3.8) is 0 Å². The van der Waals surface area contributed by atoms with Crippen molar-refractivity contribution in [3.05, 3.63) is 18.6 Å². The van der Waals surface area contributed by atoms with E-state index in [1.54, 1.807) is 0 Å². The Morgan fingerprint density at radius 3 is 2.75 bits per heavy atom. The molecule has 0 saturated carbocycles. The van der Waals surface area contributed by atoms with Crippen LogP contribution in [0.4, 0.5) is 0 Å². The van der Waals surface area contributed by atoms with Gasteiger partial charge in [0, 0.05) is 6.20 Å². The van der Waals surface area contributed by atoms with Crippen LogP contribution >= 0.6 is 0 Å². The Morgan fingerprint density at radius 2 is 2.25 bits per heavy atom. The van der Waals surface area contributed by atoms with Gasteiger partial charge in [0.1, 0.15) is 6.33 Å². The molecule has 12 heavy (non-hydrogen) atoms. The summed E-state index contributed by atoms with van der Waals surface area (Å²) in [7, 11) is -4.09. The quantitative estimate of drug-likeness (QED) is 0.457. The second-order valence-corrected chi connectivity index (χ2v) is 3.16. The molecule has 0 aromatic carbocycles. The van der Waals surface area contributed by atoms with Crippen LogP contribution in [0.2, 0.25) is 0 Å². The Hall–Kier alpha value is -1.50. The first-order valence-corrected chi connectivity index (χ1v) is 4.14. The summed E-state index contributed by atoms with van der Waals surface area (Å²) in [5, 5.41) is -0.374. The Balaban J connectivity index is 3.07. The van der Waals surface area contributed by atoms with Crippen LogP contribution in [0.15, 0.2) is 23.6 Å². The molecule has 1 rings (SSSR count). The zero-order valence-electron chi connectivity index (χ0n) is 5.67. The van der Waals surface area contributed by atoms with Gasteiger partial charge in [0.15, 0.2) is 5.03 Å². The summed E-state index contributed by atoms with van der Waals surface area (Å²) < 4.78 is 25.4. The maximum atomic E-state index is 10.9. The third-order valence-corrected chi connectivity index (χ3v) is 2.00. The van der Waals surface area contributed by atoms with Crippen molar-refractivity contribution in [1.29, 1.82) is 0 Å². The minimum Gasteiger partial charge on any atom is -0.331 e. The topological polar surface area (TPSA) is 86.2 Å². The van der Waals surface area contributed by atoms with Gasteiger partial charge in [0.25, 0.3) is 0 Å². The average Bonchev–Trinajstić information content (AvgIpc) is 2.06. The summed E-state index contributed by atoms with van der Waals surface area (Å²) in [5.74, 6) is 0. The van der Waals surface area contributed by atoms with Gasteiger partial charge in [-0.2, -0.15) is 8.42 Å². The molecule has 0 saturated heterocycles. The Morgan fingerprint density at radius 1 is 1.50 bits per heavy atom. The maximum absolute atomic E-state index is 10.9. The molecule has 1 radical (unpaired) electrons. The summed E-state index contributed by atoms with van der Waals surface area (Å²) >= 11 is 0. The molecule has 63 valence electrons. The van der Waals surface area contributed by atoms with E-state index < -0.39 is 10.1 Å². The molecule has 0 aliphatic carbocycles. The summed E-state index contributed by atoms with van der Waals surface area (Å²) in [4.78, 5) is 16.5. The standard InChI is InChI=1S/C5H3N2O4S/c8-4-11-12(9,10)5-1-2-6-3-7-5/h1-3H. The van der Waals surface area contributed by atoms with Crippen molar-refractivity contribution in [3.8, 4) is 0 Å². The highest BCUT2D eigenvalue weighted by molar-refractivity contribution is 7.87. The molecular formula is C5H3N2O4S. The number of nitrogens with zero attached hydrogens (tertiary/aromatic N) is 2. The highest BCUT2D eigenvalue weighted by Crippen LogP contribution is 2.04. The molecule has 0 amide bonds. The van der Waals surface area contributed by atoms with Crippen LogP contribution in [-0.2, 0) is 19.1 Å². The van der Waals surface area contributed by atoms with Crippen LogP contribution in [0.5, 0.6) is 0 Å². The molecule has 1 aromatic heterocycles. The normalized spacial score (nSPS) is 10.7. The number of hydrogen-bond donors (Lipinski definition) is 0. The molecule has 6 nitrogen and oxygen atoms in total. The lowest BCUT2D eigenvalue weighted by molar-refractivity contribution is 0.426. The minimum atomic E-state index is -4.09. The van der Waals surface area contributed by atoms with Crippen molar-refractivity contribution in [2.24, 2.45) is 0 Å². The third-order valence-electron chi connectivity index (χ3n) is 0.955. The molecule has 0 N–H and O–H groups in total. The summed E-state index contributed by atoms with van der Waals surface area (Å²) in [6, 6.07) is 1.10.